The molecule has 1 aromatic carbocycles. The maximum absolute atomic E-state index is 12.0. The number of fused-ring (bicyclic) bond motifs is 1. The van der Waals surface area contributed by atoms with E-state index in [1.165, 1.54) is 0 Å². The van der Waals surface area contributed by atoms with Crippen molar-refractivity contribution in [3.63, 3.8) is 0 Å². The number of carboxylic acids is 1. The van der Waals surface area contributed by atoms with E-state index in [1.54, 1.807) is 20.3 Å². The van der Waals surface area contributed by atoms with E-state index in [-0.39, 0.29) is 11.0 Å². The Bertz CT molecular complexity index is 980. The summed E-state index contributed by atoms with van der Waals surface area (Å²) < 4.78 is 12.9. The second kappa shape index (κ2) is 6.41. The Labute approximate surface area is 152 Å². The van der Waals surface area contributed by atoms with Crippen LogP contribution in [-0.2, 0) is 5.41 Å². The molecule has 0 unspecified atom stereocenters. The lowest BCUT2D eigenvalue weighted by atomic mass is 9.84. The number of aromatic nitrogens is 1. The van der Waals surface area contributed by atoms with Crippen LogP contribution in [-0.4, -0.2) is 29.7 Å². The van der Waals surface area contributed by atoms with E-state index in [1.807, 2.05) is 41.1 Å². The van der Waals surface area contributed by atoms with Crippen LogP contribution >= 0.6 is 0 Å². The van der Waals surface area contributed by atoms with Gasteiger partial charge < -0.3 is 19.0 Å². The van der Waals surface area contributed by atoms with Crippen molar-refractivity contribution in [2.45, 2.75) is 26.2 Å². The van der Waals surface area contributed by atoms with E-state index in [4.69, 9.17) is 9.47 Å². The molecule has 2 aromatic heterocycles. The maximum atomic E-state index is 12.0. The molecule has 0 aliphatic carbocycles. The second-order valence-corrected chi connectivity index (χ2v) is 7.23. The van der Waals surface area contributed by atoms with Crippen LogP contribution in [0.2, 0.25) is 0 Å². The summed E-state index contributed by atoms with van der Waals surface area (Å²) in [6.07, 6.45) is 3.66. The highest BCUT2D eigenvalue weighted by Gasteiger charge is 2.25. The number of hydrogen-bond donors (Lipinski definition) is 1. The van der Waals surface area contributed by atoms with Crippen molar-refractivity contribution in [1.82, 2.24) is 4.40 Å². The molecule has 0 atom stereocenters. The van der Waals surface area contributed by atoms with Crippen LogP contribution in [0.3, 0.4) is 0 Å². The lowest BCUT2D eigenvalue weighted by Gasteiger charge is -2.23. The van der Waals surface area contributed by atoms with Gasteiger partial charge in [-0.1, -0.05) is 26.8 Å². The van der Waals surface area contributed by atoms with Crippen molar-refractivity contribution < 1.29 is 19.4 Å². The van der Waals surface area contributed by atoms with Gasteiger partial charge in [0.25, 0.3) is 0 Å². The van der Waals surface area contributed by atoms with Crippen molar-refractivity contribution >= 4 is 11.5 Å². The number of benzene rings is 1. The topological polar surface area (TPSA) is 60.2 Å². The molecule has 26 heavy (non-hydrogen) atoms. The summed E-state index contributed by atoms with van der Waals surface area (Å²) >= 11 is 0. The van der Waals surface area contributed by atoms with E-state index in [0.29, 0.717) is 28.1 Å². The third-order valence-electron chi connectivity index (χ3n) is 4.53. The van der Waals surface area contributed by atoms with Gasteiger partial charge in [-0.15, -0.1) is 0 Å². The van der Waals surface area contributed by atoms with Gasteiger partial charge in [-0.05, 0) is 35.2 Å². The van der Waals surface area contributed by atoms with Crippen LogP contribution in [0.5, 0.6) is 11.5 Å². The molecule has 136 valence electrons. The summed E-state index contributed by atoms with van der Waals surface area (Å²) in [6, 6.07) is 9.42. The van der Waals surface area contributed by atoms with Crippen LogP contribution in [0.15, 0.2) is 42.7 Å². The van der Waals surface area contributed by atoms with Gasteiger partial charge in [-0.2, -0.15) is 0 Å². The molecule has 2 heterocycles. The Kier molecular flexibility index (Phi) is 4.40. The van der Waals surface area contributed by atoms with Gasteiger partial charge in [0.15, 0.2) is 11.5 Å². The molecule has 5 heteroatoms. The number of ether oxygens (including phenoxy) is 2. The van der Waals surface area contributed by atoms with E-state index in [2.05, 4.69) is 20.8 Å². The standard InChI is InChI=1S/C21H23NO4/c1-21(2,3)13-10-14(19(26-5)17(11-13)25-4)15-12-22-9-7-6-8-16(22)18(15)20(23)24/h6-12H,1-5H3,(H,23,24). The van der Waals surface area contributed by atoms with Gasteiger partial charge in [-0.25, -0.2) is 4.79 Å². The van der Waals surface area contributed by atoms with Crippen LogP contribution in [0.25, 0.3) is 16.6 Å². The molecule has 0 aliphatic rings. The monoisotopic (exact) mass is 353 g/mol. The number of carbonyl (C=O) groups is 1. The molecule has 1 N–H and O–H groups in total. The largest absolute Gasteiger partial charge is 0.493 e. The van der Waals surface area contributed by atoms with Crippen LogP contribution < -0.4 is 9.47 Å². The molecule has 0 amide bonds. The molecule has 3 aromatic rings. The molecule has 0 fully saturated rings. The fourth-order valence-corrected chi connectivity index (χ4v) is 3.15. The molecule has 0 radical (unpaired) electrons. The zero-order chi connectivity index (χ0) is 19.1. The first kappa shape index (κ1) is 17.9. The van der Waals surface area contributed by atoms with Gasteiger partial charge >= 0.3 is 5.97 Å². The van der Waals surface area contributed by atoms with Crippen molar-refractivity contribution in [3.05, 3.63) is 53.9 Å². The van der Waals surface area contributed by atoms with E-state index < -0.39 is 5.97 Å². The van der Waals surface area contributed by atoms with E-state index in [0.717, 1.165) is 5.56 Å². The van der Waals surface area contributed by atoms with E-state index >= 15 is 0 Å². The fraction of sp³-hybridized carbons (Fsp3) is 0.286. The van der Waals surface area contributed by atoms with Gasteiger partial charge in [0, 0.05) is 23.5 Å². The highest BCUT2D eigenvalue weighted by molar-refractivity contribution is 6.04. The quantitative estimate of drug-likeness (QED) is 0.743. The third kappa shape index (κ3) is 2.90. The normalized spacial score (nSPS) is 11.6. The number of hydrogen-bond acceptors (Lipinski definition) is 3. The SMILES string of the molecule is COc1cc(C(C)(C)C)cc(-c2cn3ccccc3c2C(=O)O)c1OC. The fourth-order valence-electron chi connectivity index (χ4n) is 3.15. The smallest absolute Gasteiger partial charge is 0.338 e. The van der Waals surface area contributed by atoms with Crippen LogP contribution in [0.4, 0.5) is 0 Å². The Morgan fingerprint density at radius 2 is 1.81 bits per heavy atom. The summed E-state index contributed by atoms with van der Waals surface area (Å²) in [6.45, 7) is 6.31. The summed E-state index contributed by atoms with van der Waals surface area (Å²) in [4.78, 5) is 12.0. The maximum Gasteiger partial charge on any atom is 0.338 e. The minimum absolute atomic E-state index is 0.128. The van der Waals surface area contributed by atoms with Crippen molar-refractivity contribution in [3.8, 4) is 22.6 Å². The first-order valence-corrected chi connectivity index (χ1v) is 8.37. The van der Waals surface area contributed by atoms with Crippen molar-refractivity contribution in [2.75, 3.05) is 14.2 Å². The van der Waals surface area contributed by atoms with E-state index in [9.17, 15) is 9.90 Å². The third-order valence-corrected chi connectivity index (χ3v) is 4.53. The molecule has 0 saturated carbocycles. The summed E-state index contributed by atoms with van der Waals surface area (Å²) in [5.41, 5.74) is 3.10. The first-order valence-electron chi connectivity index (χ1n) is 8.37. The predicted molar refractivity (Wildman–Crippen MR) is 102 cm³/mol. The Morgan fingerprint density at radius 1 is 1.08 bits per heavy atom. The zero-order valence-electron chi connectivity index (χ0n) is 15.7. The molecular weight excluding hydrogens is 330 g/mol. The molecule has 0 aliphatic heterocycles. The minimum Gasteiger partial charge on any atom is -0.493 e. The summed E-state index contributed by atoms with van der Waals surface area (Å²) in [5, 5.41) is 9.85. The van der Waals surface area contributed by atoms with Crippen LogP contribution in [0, 0.1) is 0 Å². The summed E-state index contributed by atoms with van der Waals surface area (Å²) in [7, 11) is 3.15. The average Bonchev–Trinajstić information content (AvgIpc) is 2.99. The molecule has 0 spiro atoms. The molecule has 3 rings (SSSR count). The Morgan fingerprint density at radius 3 is 2.38 bits per heavy atom. The van der Waals surface area contributed by atoms with Gasteiger partial charge in [-0.3, -0.25) is 0 Å². The predicted octanol–water partition coefficient (Wildman–Crippen LogP) is 4.62. The van der Waals surface area contributed by atoms with Gasteiger partial charge in [0.1, 0.15) is 0 Å². The number of carboxylic acid groups (broad SMARTS) is 1. The van der Waals surface area contributed by atoms with Crippen molar-refractivity contribution in [2.24, 2.45) is 0 Å². The molecule has 5 nitrogen and oxygen atoms in total. The lowest BCUT2D eigenvalue weighted by Crippen LogP contribution is -2.12. The average molecular weight is 353 g/mol. The highest BCUT2D eigenvalue weighted by atomic mass is 16.5. The number of methoxy groups -OCH3 is 2. The number of nitrogens with zero attached hydrogens (tertiary/aromatic N) is 1. The molecular formula is C21H23NO4. The molecule has 0 bridgehead atoms. The first-order chi connectivity index (χ1) is 12.3. The second-order valence-electron chi connectivity index (χ2n) is 7.23. The number of pyridine rings is 1. The number of rotatable bonds is 4. The number of aromatic carboxylic acids is 1. The van der Waals surface area contributed by atoms with Gasteiger partial charge in [0.2, 0.25) is 0 Å². The highest BCUT2D eigenvalue weighted by Crippen LogP contribution is 2.44. The van der Waals surface area contributed by atoms with Crippen molar-refractivity contribution in [1.29, 1.82) is 0 Å². The summed E-state index contributed by atoms with van der Waals surface area (Å²) in [5.74, 6) is 0.135. The minimum atomic E-state index is -0.976. The van der Waals surface area contributed by atoms with Gasteiger partial charge in [0.05, 0.1) is 25.3 Å². The zero-order valence-corrected chi connectivity index (χ0v) is 15.7. The van der Waals surface area contributed by atoms with Crippen LogP contribution in [0.1, 0.15) is 36.7 Å². The Hall–Kier alpha value is -2.95. The molecule has 0 saturated heterocycles. The lowest BCUT2D eigenvalue weighted by molar-refractivity contribution is 0.0700. The Balaban J connectivity index is 2.41.